The third-order valence-electron chi connectivity index (χ3n) is 5.87. The summed E-state index contributed by atoms with van der Waals surface area (Å²) in [5.41, 5.74) is 1.83. The molecule has 1 saturated carbocycles. The molecule has 0 unspecified atom stereocenters. The summed E-state index contributed by atoms with van der Waals surface area (Å²) in [6.45, 7) is 2.85. The van der Waals surface area contributed by atoms with Crippen LogP contribution >= 0.6 is 11.8 Å². The Morgan fingerprint density at radius 3 is 2.55 bits per heavy atom. The summed E-state index contributed by atoms with van der Waals surface area (Å²) in [6.07, 6.45) is 8.13. The van der Waals surface area contributed by atoms with E-state index in [9.17, 15) is 4.79 Å². The molecule has 0 spiro atoms. The number of hydrogen-bond donors (Lipinski definition) is 1. The molecule has 2 aromatic carbocycles. The summed E-state index contributed by atoms with van der Waals surface area (Å²) < 4.78 is 7.95. The zero-order chi connectivity index (χ0) is 22.9. The van der Waals surface area contributed by atoms with Gasteiger partial charge in [-0.25, -0.2) is 0 Å². The first-order valence-corrected chi connectivity index (χ1v) is 12.9. The van der Waals surface area contributed by atoms with Gasteiger partial charge < -0.3 is 10.1 Å². The van der Waals surface area contributed by atoms with Crippen LogP contribution in [0.15, 0.2) is 59.8 Å². The Balaban J connectivity index is 1.40. The molecule has 174 valence electrons. The zero-order valence-electron chi connectivity index (χ0n) is 19.2. The monoisotopic (exact) mass is 464 g/mol. The average molecular weight is 465 g/mol. The standard InChI is InChI=1S/C26H32N4O2S/c1-2-3-18-32-23-16-14-21(15-17-23)27-24(31)19-33-26-29-28-25(20-10-6-4-7-11-20)30(26)22-12-8-5-9-13-22/h4,6-7,10-11,14-17,22H,2-3,5,8-9,12-13,18-19H2,1H3,(H,27,31). The minimum absolute atomic E-state index is 0.0564. The number of aromatic nitrogens is 3. The van der Waals surface area contributed by atoms with Gasteiger partial charge in [-0.1, -0.05) is 74.7 Å². The number of thioether (sulfide) groups is 1. The minimum Gasteiger partial charge on any atom is -0.494 e. The molecule has 1 heterocycles. The quantitative estimate of drug-likeness (QED) is 0.279. The van der Waals surface area contributed by atoms with Crippen LogP contribution in [0.25, 0.3) is 11.4 Å². The van der Waals surface area contributed by atoms with Gasteiger partial charge in [0.2, 0.25) is 5.91 Å². The van der Waals surface area contributed by atoms with Gasteiger partial charge in [0.1, 0.15) is 5.75 Å². The zero-order valence-corrected chi connectivity index (χ0v) is 20.0. The van der Waals surface area contributed by atoms with Gasteiger partial charge in [-0.15, -0.1) is 10.2 Å². The van der Waals surface area contributed by atoms with Crippen LogP contribution < -0.4 is 10.1 Å². The number of amides is 1. The fourth-order valence-corrected chi connectivity index (χ4v) is 4.93. The number of ether oxygens (including phenoxy) is 1. The lowest BCUT2D eigenvalue weighted by molar-refractivity contribution is -0.113. The first-order valence-electron chi connectivity index (χ1n) is 11.9. The lowest BCUT2D eigenvalue weighted by Gasteiger charge is -2.25. The topological polar surface area (TPSA) is 69.0 Å². The summed E-state index contributed by atoms with van der Waals surface area (Å²) >= 11 is 1.45. The van der Waals surface area contributed by atoms with Crippen LogP contribution in [0.4, 0.5) is 5.69 Å². The number of hydrogen-bond acceptors (Lipinski definition) is 5. The summed E-state index contributed by atoms with van der Waals surface area (Å²) in [5.74, 6) is 1.95. The normalized spacial score (nSPS) is 14.2. The van der Waals surface area contributed by atoms with Gasteiger partial charge in [-0.05, 0) is 43.5 Å². The first-order chi connectivity index (χ1) is 16.2. The van der Waals surface area contributed by atoms with E-state index in [1.807, 2.05) is 42.5 Å². The van der Waals surface area contributed by atoms with E-state index in [1.165, 1.54) is 31.0 Å². The third kappa shape index (κ3) is 6.38. The number of carbonyl (C=O) groups excluding carboxylic acids is 1. The van der Waals surface area contributed by atoms with E-state index in [0.29, 0.717) is 12.6 Å². The van der Waals surface area contributed by atoms with Crippen molar-refractivity contribution in [1.82, 2.24) is 14.8 Å². The van der Waals surface area contributed by atoms with Crippen LogP contribution in [0.2, 0.25) is 0 Å². The Morgan fingerprint density at radius 1 is 1.06 bits per heavy atom. The van der Waals surface area contributed by atoms with Crippen molar-refractivity contribution in [2.75, 3.05) is 17.7 Å². The van der Waals surface area contributed by atoms with E-state index in [-0.39, 0.29) is 11.7 Å². The number of carbonyl (C=O) groups is 1. The Morgan fingerprint density at radius 2 is 1.82 bits per heavy atom. The first kappa shape index (κ1) is 23.4. The SMILES string of the molecule is CCCCOc1ccc(NC(=O)CSc2nnc(-c3ccccc3)n2C2CCCCC2)cc1. The molecule has 1 amide bonds. The molecule has 1 N–H and O–H groups in total. The Kier molecular flexibility index (Phi) is 8.41. The fraction of sp³-hybridized carbons (Fsp3) is 0.423. The molecule has 6 nitrogen and oxygen atoms in total. The summed E-state index contributed by atoms with van der Waals surface area (Å²) in [7, 11) is 0. The van der Waals surface area contributed by atoms with Gasteiger partial charge in [0.15, 0.2) is 11.0 Å². The molecular formula is C26H32N4O2S. The highest BCUT2D eigenvalue weighted by Crippen LogP contribution is 2.35. The van der Waals surface area contributed by atoms with E-state index in [1.54, 1.807) is 0 Å². The second kappa shape index (κ2) is 11.9. The molecule has 33 heavy (non-hydrogen) atoms. The number of nitrogens with zero attached hydrogens (tertiary/aromatic N) is 3. The number of anilines is 1. The third-order valence-corrected chi connectivity index (χ3v) is 6.82. The molecule has 1 aliphatic rings. The summed E-state index contributed by atoms with van der Waals surface area (Å²) in [4.78, 5) is 12.6. The lowest BCUT2D eigenvalue weighted by atomic mass is 9.95. The van der Waals surface area contributed by atoms with Crippen molar-refractivity contribution >= 4 is 23.4 Å². The molecule has 7 heteroatoms. The molecule has 0 saturated heterocycles. The van der Waals surface area contributed by atoms with Crippen molar-refractivity contribution in [3.05, 3.63) is 54.6 Å². The molecular weight excluding hydrogens is 432 g/mol. The Bertz CT molecular complexity index is 1010. The minimum atomic E-state index is -0.0564. The number of benzene rings is 2. The van der Waals surface area contributed by atoms with E-state index in [2.05, 4.69) is 39.1 Å². The van der Waals surface area contributed by atoms with E-state index in [0.717, 1.165) is 53.7 Å². The maximum atomic E-state index is 12.6. The number of rotatable bonds is 10. The van der Waals surface area contributed by atoms with E-state index < -0.39 is 0 Å². The van der Waals surface area contributed by atoms with Gasteiger partial charge in [0, 0.05) is 17.3 Å². The summed E-state index contributed by atoms with van der Waals surface area (Å²) in [5, 5.41) is 12.8. The highest BCUT2D eigenvalue weighted by molar-refractivity contribution is 7.99. The van der Waals surface area contributed by atoms with Crippen LogP contribution in [0.3, 0.4) is 0 Å². The van der Waals surface area contributed by atoms with Crippen LogP contribution in [0.1, 0.15) is 57.9 Å². The van der Waals surface area contributed by atoms with Gasteiger partial charge in [0.05, 0.1) is 12.4 Å². The van der Waals surface area contributed by atoms with Crippen molar-refractivity contribution in [1.29, 1.82) is 0 Å². The second-order valence-corrected chi connectivity index (χ2v) is 9.34. The smallest absolute Gasteiger partial charge is 0.234 e. The predicted octanol–water partition coefficient (Wildman–Crippen LogP) is 6.36. The molecule has 4 rings (SSSR count). The van der Waals surface area contributed by atoms with Gasteiger partial charge in [-0.3, -0.25) is 9.36 Å². The molecule has 0 atom stereocenters. The van der Waals surface area contributed by atoms with Gasteiger partial charge in [-0.2, -0.15) is 0 Å². The number of nitrogens with one attached hydrogen (secondary N) is 1. The van der Waals surface area contributed by atoms with Gasteiger partial charge >= 0.3 is 0 Å². The van der Waals surface area contributed by atoms with Crippen LogP contribution in [-0.4, -0.2) is 33.0 Å². The van der Waals surface area contributed by atoms with Crippen LogP contribution in [-0.2, 0) is 4.79 Å². The fourth-order valence-electron chi connectivity index (χ4n) is 4.12. The van der Waals surface area contributed by atoms with Gasteiger partial charge in [0.25, 0.3) is 0 Å². The summed E-state index contributed by atoms with van der Waals surface area (Å²) in [6, 6.07) is 18.1. The Labute approximate surface area is 200 Å². The molecule has 0 radical (unpaired) electrons. The average Bonchev–Trinajstić information content (AvgIpc) is 3.29. The molecule has 1 aliphatic carbocycles. The van der Waals surface area contributed by atoms with Crippen molar-refractivity contribution in [2.24, 2.45) is 0 Å². The largest absolute Gasteiger partial charge is 0.494 e. The molecule has 1 fully saturated rings. The molecule has 0 bridgehead atoms. The second-order valence-electron chi connectivity index (χ2n) is 8.40. The lowest BCUT2D eigenvalue weighted by Crippen LogP contribution is -2.17. The highest BCUT2D eigenvalue weighted by atomic mass is 32.2. The van der Waals surface area contributed by atoms with Crippen molar-refractivity contribution in [2.45, 2.75) is 63.1 Å². The van der Waals surface area contributed by atoms with Crippen LogP contribution in [0, 0.1) is 0 Å². The maximum absolute atomic E-state index is 12.6. The van der Waals surface area contributed by atoms with Crippen LogP contribution in [0.5, 0.6) is 5.75 Å². The highest BCUT2D eigenvalue weighted by Gasteiger charge is 2.24. The molecule has 0 aliphatic heterocycles. The van der Waals surface area contributed by atoms with E-state index >= 15 is 0 Å². The number of unbranched alkanes of at least 4 members (excludes halogenated alkanes) is 1. The van der Waals surface area contributed by atoms with E-state index in [4.69, 9.17) is 4.74 Å². The van der Waals surface area contributed by atoms with Crippen molar-refractivity contribution in [3.8, 4) is 17.1 Å². The van der Waals surface area contributed by atoms with Crippen molar-refractivity contribution < 1.29 is 9.53 Å². The predicted molar refractivity (Wildman–Crippen MR) is 134 cm³/mol. The Hall–Kier alpha value is -2.80. The maximum Gasteiger partial charge on any atom is 0.234 e. The van der Waals surface area contributed by atoms with Crippen molar-refractivity contribution in [3.63, 3.8) is 0 Å². The molecule has 1 aromatic heterocycles. The molecule has 3 aromatic rings.